The predicted molar refractivity (Wildman–Crippen MR) is 150 cm³/mol. The van der Waals surface area contributed by atoms with Gasteiger partial charge in [0.1, 0.15) is 18.1 Å². The molecule has 3 N–H and O–H groups in total. The van der Waals surface area contributed by atoms with Gasteiger partial charge in [0.25, 0.3) is 23.2 Å². The van der Waals surface area contributed by atoms with Crippen molar-refractivity contribution in [1.29, 1.82) is 0 Å². The molecular formula is C29H22N8O4. The first-order chi connectivity index (χ1) is 20.0. The molecule has 41 heavy (non-hydrogen) atoms. The van der Waals surface area contributed by atoms with E-state index in [1.54, 1.807) is 60.9 Å². The monoisotopic (exact) mass is 546 g/mol. The van der Waals surface area contributed by atoms with E-state index in [9.17, 15) is 14.4 Å². The van der Waals surface area contributed by atoms with Gasteiger partial charge in [0.05, 0.1) is 12.7 Å². The summed E-state index contributed by atoms with van der Waals surface area (Å²) in [6, 6.07) is 21.7. The molecule has 12 heteroatoms. The van der Waals surface area contributed by atoms with Crippen LogP contribution in [-0.2, 0) is 17.9 Å². The molecule has 2 aromatic carbocycles. The number of amides is 2. The second-order valence-electron chi connectivity index (χ2n) is 9.03. The van der Waals surface area contributed by atoms with Gasteiger partial charge in [-0.05, 0) is 24.3 Å². The van der Waals surface area contributed by atoms with Crippen LogP contribution in [0.2, 0.25) is 0 Å². The van der Waals surface area contributed by atoms with Crippen molar-refractivity contribution in [2.24, 2.45) is 0 Å². The zero-order chi connectivity index (χ0) is 28.2. The van der Waals surface area contributed by atoms with Gasteiger partial charge in [-0.2, -0.15) is 4.98 Å². The highest BCUT2D eigenvalue weighted by Gasteiger charge is 2.20. The van der Waals surface area contributed by atoms with Gasteiger partial charge in [0, 0.05) is 40.1 Å². The Hall–Kier alpha value is -5.91. The molecule has 0 fully saturated rings. The van der Waals surface area contributed by atoms with Gasteiger partial charge in [-0.25, -0.2) is 4.98 Å². The second-order valence-corrected chi connectivity index (χ2v) is 9.03. The van der Waals surface area contributed by atoms with Crippen LogP contribution >= 0.6 is 0 Å². The Balaban J connectivity index is 1.24. The summed E-state index contributed by atoms with van der Waals surface area (Å²) in [5.74, 6) is -1.00. The van der Waals surface area contributed by atoms with Gasteiger partial charge in [0.15, 0.2) is 0 Å². The number of fused-ring (bicyclic) bond motifs is 1. The van der Waals surface area contributed by atoms with Crippen molar-refractivity contribution in [2.45, 2.75) is 13.1 Å². The normalized spacial score (nSPS) is 10.9. The summed E-state index contributed by atoms with van der Waals surface area (Å²) in [7, 11) is 0. The molecule has 6 aromatic rings. The smallest absolute Gasteiger partial charge is 0.297 e. The van der Waals surface area contributed by atoms with E-state index in [2.05, 4.69) is 35.7 Å². The highest BCUT2D eigenvalue weighted by atomic mass is 16.5. The van der Waals surface area contributed by atoms with Gasteiger partial charge in [-0.15, -0.1) is 0 Å². The highest BCUT2D eigenvalue weighted by molar-refractivity contribution is 6.01. The zero-order valence-corrected chi connectivity index (χ0v) is 21.4. The molecule has 0 aliphatic heterocycles. The van der Waals surface area contributed by atoms with Gasteiger partial charge >= 0.3 is 0 Å². The topological polar surface area (TPSA) is 161 Å². The van der Waals surface area contributed by atoms with E-state index in [4.69, 9.17) is 4.52 Å². The number of aromatic nitrogens is 6. The van der Waals surface area contributed by atoms with Crippen LogP contribution in [-0.4, -0.2) is 41.5 Å². The standard InChI is InChI=1S/C29H22N8O4/c38-24(31-15-21-13-20-14-30-12-11-22(20)33-21)17-37-26(18-7-3-1-4-8-18)32-16-23(29(37)40)34-27(39)25-35-28(41-36-25)19-9-5-2-6-10-19/h1-14,16,33H,15,17H2,(H,31,38)(H,34,39). The summed E-state index contributed by atoms with van der Waals surface area (Å²) in [6.07, 6.45) is 4.65. The number of rotatable bonds is 8. The van der Waals surface area contributed by atoms with Crippen molar-refractivity contribution >= 4 is 28.4 Å². The molecule has 0 bridgehead atoms. The van der Waals surface area contributed by atoms with E-state index in [0.29, 0.717) is 11.1 Å². The number of carbonyl (C=O) groups excluding carboxylic acids is 2. The fraction of sp³-hybridized carbons (Fsp3) is 0.0690. The Morgan fingerprint density at radius 2 is 1.71 bits per heavy atom. The molecule has 0 radical (unpaired) electrons. The molecule has 0 aliphatic carbocycles. The number of benzene rings is 2. The second kappa shape index (κ2) is 11.1. The summed E-state index contributed by atoms with van der Waals surface area (Å²) in [4.78, 5) is 55.2. The summed E-state index contributed by atoms with van der Waals surface area (Å²) in [6.45, 7) is -0.115. The van der Waals surface area contributed by atoms with Gasteiger partial charge in [-0.3, -0.25) is 23.9 Å². The van der Waals surface area contributed by atoms with E-state index in [1.807, 2.05) is 24.3 Å². The quantitative estimate of drug-likeness (QED) is 0.262. The first-order valence-corrected chi connectivity index (χ1v) is 12.6. The van der Waals surface area contributed by atoms with Crippen molar-refractivity contribution in [2.75, 3.05) is 5.32 Å². The number of nitrogens with zero attached hydrogens (tertiary/aromatic N) is 5. The average molecular weight is 547 g/mol. The van der Waals surface area contributed by atoms with Crippen LogP contribution < -0.4 is 16.2 Å². The molecule has 0 unspecified atom stereocenters. The molecule has 2 amide bonds. The zero-order valence-electron chi connectivity index (χ0n) is 21.4. The number of pyridine rings is 1. The molecule has 0 atom stereocenters. The molecule has 0 saturated carbocycles. The Morgan fingerprint density at radius 1 is 0.951 bits per heavy atom. The lowest BCUT2D eigenvalue weighted by Gasteiger charge is -2.14. The molecule has 0 spiro atoms. The lowest BCUT2D eigenvalue weighted by atomic mass is 10.2. The van der Waals surface area contributed by atoms with E-state index in [-0.39, 0.29) is 36.3 Å². The molecular weight excluding hydrogens is 524 g/mol. The molecule has 0 saturated heterocycles. The van der Waals surface area contributed by atoms with Crippen LogP contribution in [0.1, 0.15) is 16.3 Å². The fourth-order valence-electron chi connectivity index (χ4n) is 4.25. The maximum Gasteiger partial charge on any atom is 0.297 e. The summed E-state index contributed by atoms with van der Waals surface area (Å²) in [5, 5.41) is 9.96. The number of H-pyrrole nitrogens is 1. The van der Waals surface area contributed by atoms with Crippen molar-refractivity contribution in [3.05, 3.63) is 113 Å². The van der Waals surface area contributed by atoms with Crippen LogP contribution in [0.3, 0.4) is 0 Å². The SMILES string of the molecule is O=C(Cn1c(-c2ccccc2)ncc(NC(=O)c2noc(-c3ccccc3)n2)c1=O)NCc1cc2cnccc2[nH]1. The minimum atomic E-state index is -0.758. The predicted octanol–water partition coefficient (Wildman–Crippen LogP) is 3.41. The lowest BCUT2D eigenvalue weighted by molar-refractivity contribution is -0.121. The molecule has 12 nitrogen and oxygen atoms in total. The third kappa shape index (κ3) is 5.47. The van der Waals surface area contributed by atoms with Crippen LogP contribution in [0.5, 0.6) is 0 Å². The van der Waals surface area contributed by atoms with Gasteiger partial charge in [0.2, 0.25) is 5.91 Å². The first-order valence-electron chi connectivity index (χ1n) is 12.6. The average Bonchev–Trinajstić information content (AvgIpc) is 3.67. The maximum atomic E-state index is 13.5. The number of hydrogen-bond donors (Lipinski definition) is 3. The van der Waals surface area contributed by atoms with Crippen molar-refractivity contribution in [3.8, 4) is 22.8 Å². The largest absolute Gasteiger partial charge is 0.357 e. The highest BCUT2D eigenvalue weighted by Crippen LogP contribution is 2.18. The van der Waals surface area contributed by atoms with Crippen molar-refractivity contribution in [1.82, 2.24) is 35.0 Å². The van der Waals surface area contributed by atoms with E-state index in [0.717, 1.165) is 16.6 Å². The number of aromatic amines is 1. The van der Waals surface area contributed by atoms with Crippen LogP contribution in [0.4, 0.5) is 5.69 Å². The molecule has 202 valence electrons. The summed E-state index contributed by atoms with van der Waals surface area (Å²) >= 11 is 0. The minimum Gasteiger partial charge on any atom is -0.357 e. The third-order valence-corrected chi connectivity index (χ3v) is 6.23. The maximum absolute atomic E-state index is 13.5. The fourth-order valence-corrected chi connectivity index (χ4v) is 4.25. The molecule has 0 aliphatic rings. The summed E-state index contributed by atoms with van der Waals surface area (Å²) in [5.41, 5.74) is 2.19. The van der Waals surface area contributed by atoms with E-state index in [1.165, 1.54) is 10.8 Å². The van der Waals surface area contributed by atoms with E-state index >= 15 is 0 Å². The minimum absolute atomic E-state index is 0.142. The number of carbonyl (C=O) groups is 2. The Labute approximate surface area is 232 Å². The van der Waals surface area contributed by atoms with Gasteiger partial charge < -0.3 is 20.1 Å². The Morgan fingerprint density at radius 3 is 2.46 bits per heavy atom. The van der Waals surface area contributed by atoms with Gasteiger partial charge in [-0.1, -0.05) is 53.7 Å². The Bertz CT molecular complexity index is 1880. The number of anilines is 1. The third-order valence-electron chi connectivity index (χ3n) is 6.23. The van der Waals surface area contributed by atoms with Crippen molar-refractivity contribution < 1.29 is 14.1 Å². The van der Waals surface area contributed by atoms with Crippen LogP contribution in [0.25, 0.3) is 33.7 Å². The first kappa shape index (κ1) is 25.4. The number of hydrogen-bond acceptors (Lipinski definition) is 8. The molecule has 6 rings (SSSR count). The molecule has 4 aromatic heterocycles. The van der Waals surface area contributed by atoms with Crippen LogP contribution in [0.15, 0.2) is 101 Å². The van der Waals surface area contributed by atoms with Crippen LogP contribution in [0, 0.1) is 0 Å². The summed E-state index contributed by atoms with van der Waals surface area (Å²) < 4.78 is 6.41. The lowest BCUT2D eigenvalue weighted by Crippen LogP contribution is -2.35. The Kier molecular flexibility index (Phi) is 6.85. The molecule has 4 heterocycles. The van der Waals surface area contributed by atoms with E-state index < -0.39 is 17.4 Å². The van der Waals surface area contributed by atoms with Crippen molar-refractivity contribution in [3.63, 3.8) is 0 Å². The number of nitrogens with one attached hydrogen (secondary N) is 3.